The van der Waals surface area contributed by atoms with Crippen LogP contribution in [0.5, 0.6) is 0 Å². The number of hydrogen-bond donors (Lipinski definition) is 1. The molecule has 1 amide bonds. The van der Waals surface area contributed by atoms with Crippen LogP contribution < -0.4 is 5.32 Å². The molecular weight excluding hydrogens is 240 g/mol. The molecule has 0 saturated carbocycles. The zero-order valence-corrected chi connectivity index (χ0v) is 11.1. The topological polar surface area (TPSA) is 45.5 Å². The predicted octanol–water partition coefficient (Wildman–Crippen LogP) is 1.75. The van der Waals surface area contributed by atoms with Crippen molar-refractivity contribution in [1.82, 2.24) is 10.2 Å². The van der Waals surface area contributed by atoms with Crippen LogP contribution in [-0.4, -0.2) is 37.0 Å². The Kier molecular flexibility index (Phi) is 5.02. The van der Waals surface area contributed by atoms with Gasteiger partial charge in [0.25, 0.3) is 5.91 Å². The van der Waals surface area contributed by atoms with Gasteiger partial charge >= 0.3 is 0 Å². The number of hydrogen-bond acceptors (Lipinski definition) is 3. The molecule has 1 aromatic rings. The fourth-order valence-corrected chi connectivity index (χ4v) is 2.06. The summed E-state index contributed by atoms with van der Waals surface area (Å²) >= 11 is 0. The number of carbonyl (C=O) groups is 1. The van der Waals surface area contributed by atoms with Crippen LogP contribution in [0, 0.1) is 13.8 Å². The van der Waals surface area contributed by atoms with E-state index in [1.165, 1.54) is 0 Å². The van der Waals surface area contributed by atoms with E-state index in [1.807, 2.05) is 24.8 Å². The maximum absolute atomic E-state index is 12.2. The van der Waals surface area contributed by atoms with E-state index in [4.69, 9.17) is 4.42 Å². The fourth-order valence-electron chi connectivity index (χ4n) is 2.06. The first kappa shape index (κ1) is 14.1. The third kappa shape index (κ3) is 3.23. The van der Waals surface area contributed by atoms with Crippen LogP contribution in [-0.2, 0) is 0 Å². The monoisotopic (exact) mass is 258 g/mol. The minimum atomic E-state index is 0. The average Bonchev–Trinajstić information content (AvgIpc) is 2.49. The average molecular weight is 259 g/mol. The minimum Gasteiger partial charge on any atom is -0.466 e. The van der Waals surface area contributed by atoms with Gasteiger partial charge in [0.1, 0.15) is 11.5 Å². The fraction of sp³-hybridized carbons (Fsp3) is 0.583. The lowest BCUT2D eigenvalue weighted by atomic mass is 10.2. The van der Waals surface area contributed by atoms with E-state index in [1.54, 1.807) is 0 Å². The SMILES string of the molecule is Cc1cc(C(=O)N2CCCNCC2)c(C)o1.Cl. The number of rotatable bonds is 1. The van der Waals surface area contributed by atoms with Gasteiger partial charge in [-0.15, -0.1) is 12.4 Å². The molecule has 1 aliphatic rings. The van der Waals surface area contributed by atoms with E-state index in [9.17, 15) is 4.79 Å². The van der Waals surface area contributed by atoms with Crippen LogP contribution in [0.1, 0.15) is 28.3 Å². The molecule has 2 heterocycles. The van der Waals surface area contributed by atoms with Gasteiger partial charge in [0, 0.05) is 19.6 Å². The molecule has 1 saturated heterocycles. The lowest BCUT2D eigenvalue weighted by Gasteiger charge is -2.19. The highest BCUT2D eigenvalue weighted by Crippen LogP contribution is 2.16. The van der Waals surface area contributed by atoms with Gasteiger partial charge in [-0.25, -0.2) is 0 Å². The molecule has 0 aromatic carbocycles. The number of carbonyl (C=O) groups excluding carboxylic acids is 1. The summed E-state index contributed by atoms with van der Waals surface area (Å²) in [7, 11) is 0. The molecule has 1 aromatic heterocycles. The molecule has 96 valence electrons. The van der Waals surface area contributed by atoms with Crippen molar-refractivity contribution in [3.63, 3.8) is 0 Å². The lowest BCUT2D eigenvalue weighted by molar-refractivity contribution is 0.0764. The molecule has 0 unspecified atom stereocenters. The van der Waals surface area contributed by atoms with Crippen LogP contribution in [0.3, 0.4) is 0 Å². The number of nitrogens with zero attached hydrogens (tertiary/aromatic N) is 1. The van der Waals surface area contributed by atoms with E-state index in [0.717, 1.165) is 44.1 Å². The lowest BCUT2D eigenvalue weighted by Crippen LogP contribution is -2.34. The van der Waals surface area contributed by atoms with Crippen molar-refractivity contribution >= 4 is 18.3 Å². The van der Waals surface area contributed by atoms with Crippen molar-refractivity contribution in [2.75, 3.05) is 26.2 Å². The maximum Gasteiger partial charge on any atom is 0.257 e. The second-order valence-electron chi connectivity index (χ2n) is 4.22. The Bertz CT molecular complexity index is 382. The quantitative estimate of drug-likeness (QED) is 0.835. The summed E-state index contributed by atoms with van der Waals surface area (Å²) < 4.78 is 5.39. The Morgan fingerprint density at radius 3 is 2.76 bits per heavy atom. The molecule has 1 aliphatic heterocycles. The van der Waals surface area contributed by atoms with Gasteiger partial charge in [0.2, 0.25) is 0 Å². The highest BCUT2D eigenvalue weighted by molar-refractivity contribution is 5.95. The molecule has 5 heteroatoms. The van der Waals surface area contributed by atoms with Crippen molar-refractivity contribution in [2.45, 2.75) is 20.3 Å². The minimum absolute atomic E-state index is 0. The number of furan rings is 1. The van der Waals surface area contributed by atoms with Crippen LogP contribution in [0.4, 0.5) is 0 Å². The van der Waals surface area contributed by atoms with E-state index in [-0.39, 0.29) is 18.3 Å². The number of aryl methyl sites for hydroxylation is 2. The molecule has 0 radical (unpaired) electrons. The van der Waals surface area contributed by atoms with Crippen molar-refractivity contribution in [1.29, 1.82) is 0 Å². The van der Waals surface area contributed by atoms with Crippen molar-refractivity contribution in [3.8, 4) is 0 Å². The summed E-state index contributed by atoms with van der Waals surface area (Å²) in [4.78, 5) is 14.1. The Hall–Kier alpha value is -1.000. The summed E-state index contributed by atoms with van der Waals surface area (Å²) in [6, 6.07) is 1.83. The van der Waals surface area contributed by atoms with Gasteiger partial charge in [-0.2, -0.15) is 0 Å². The van der Waals surface area contributed by atoms with E-state index in [2.05, 4.69) is 5.32 Å². The zero-order valence-electron chi connectivity index (χ0n) is 10.3. The Morgan fingerprint density at radius 1 is 1.35 bits per heavy atom. The molecule has 1 fully saturated rings. The molecule has 0 atom stereocenters. The first-order valence-electron chi connectivity index (χ1n) is 5.75. The predicted molar refractivity (Wildman–Crippen MR) is 68.8 cm³/mol. The smallest absolute Gasteiger partial charge is 0.257 e. The second kappa shape index (κ2) is 6.07. The third-order valence-corrected chi connectivity index (χ3v) is 2.90. The summed E-state index contributed by atoms with van der Waals surface area (Å²) in [5.74, 6) is 1.62. The molecule has 0 aliphatic carbocycles. The number of amides is 1. The van der Waals surface area contributed by atoms with Crippen molar-refractivity contribution in [3.05, 3.63) is 23.2 Å². The largest absolute Gasteiger partial charge is 0.466 e. The standard InChI is InChI=1S/C12H18N2O2.ClH/c1-9-8-11(10(2)16-9)12(15)14-6-3-4-13-5-7-14;/h8,13H,3-7H2,1-2H3;1H. The molecule has 1 N–H and O–H groups in total. The van der Waals surface area contributed by atoms with Gasteiger partial charge < -0.3 is 14.6 Å². The first-order valence-corrected chi connectivity index (χ1v) is 5.75. The highest BCUT2D eigenvalue weighted by atomic mass is 35.5. The van der Waals surface area contributed by atoms with E-state index >= 15 is 0 Å². The van der Waals surface area contributed by atoms with Crippen molar-refractivity contribution < 1.29 is 9.21 Å². The molecule has 17 heavy (non-hydrogen) atoms. The van der Waals surface area contributed by atoms with Gasteiger partial charge in [-0.3, -0.25) is 4.79 Å². The normalized spacial score (nSPS) is 16.2. The van der Waals surface area contributed by atoms with Gasteiger partial charge in [0.05, 0.1) is 5.56 Å². The van der Waals surface area contributed by atoms with E-state index < -0.39 is 0 Å². The molecule has 4 nitrogen and oxygen atoms in total. The Labute approximate surface area is 108 Å². The van der Waals surface area contributed by atoms with Crippen LogP contribution in [0.25, 0.3) is 0 Å². The van der Waals surface area contributed by atoms with E-state index in [0.29, 0.717) is 5.56 Å². The summed E-state index contributed by atoms with van der Waals surface area (Å²) in [6.07, 6.45) is 1.02. The second-order valence-corrected chi connectivity index (χ2v) is 4.22. The third-order valence-electron chi connectivity index (χ3n) is 2.90. The molecule has 2 rings (SSSR count). The van der Waals surface area contributed by atoms with Crippen LogP contribution >= 0.6 is 12.4 Å². The van der Waals surface area contributed by atoms with Gasteiger partial charge in [-0.1, -0.05) is 0 Å². The molecule has 0 bridgehead atoms. The number of halogens is 1. The van der Waals surface area contributed by atoms with Gasteiger partial charge in [0.15, 0.2) is 0 Å². The van der Waals surface area contributed by atoms with Gasteiger partial charge in [-0.05, 0) is 32.9 Å². The van der Waals surface area contributed by atoms with Crippen LogP contribution in [0.15, 0.2) is 10.5 Å². The highest BCUT2D eigenvalue weighted by Gasteiger charge is 2.20. The first-order chi connectivity index (χ1) is 7.68. The summed E-state index contributed by atoms with van der Waals surface area (Å²) in [6.45, 7) is 7.19. The number of nitrogens with one attached hydrogen (secondary N) is 1. The Balaban J connectivity index is 0.00000144. The van der Waals surface area contributed by atoms with Crippen LogP contribution in [0.2, 0.25) is 0 Å². The molecular formula is C12H19ClN2O2. The Morgan fingerprint density at radius 2 is 2.12 bits per heavy atom. The zero-order chi connectivity index (χ0) is 11.5. The summed E-state index contributed by atoms with van der Waals surface area (Å²) in [5.41, 5.74) is 0.708. The van der Waals surface area contributed by atoms with Crippen molar-refractivity contribution in [2.24, 2.45) is 0 Å². The summed E-state index contributed by atoms with van der Waals surface area (Å²) in [5, 5.41) is 3.29. The molecule has 0 spiro atoms. The maximum atomic E-state index is 12.2.